The first-order valence-corrected chi connectivity index (χ1v) is 11.3. The number of aromatic nitrogens is 2. The van der Waals surface area contributed by atoms with Crippen LogP contribution in [0, 0.1) is 0 Å². The van der Waals surface area contributed by atoms with Crippen molar-refractivity contribution in [1.29, 1.82) is 0 Å². The van der Waals surface area contributed by atoms with Gasteiger partial charge in [-0.15, -0.1) is 0 Å². The van der Waals surface area contributed by atoms with Crippen LogP contribution in [0.3, 0.4) is 0 Å². The second kappa shape index (κ2) is 7.52. The zero-order chi connectivity index (χ0) is 20.4. The summed E-state index contributed by atoms with van der Waals surface area (Å²) in [5.74, 6) is 0.564. The van der Waals surface area contributed by atoms with Gasteiger partial charge in [-0.2, -0.15) is 4.36 Å². The molecule has 3 aromatic carbocycles. The van der Waals surface area contributed by atoms with E-state index in [1.165, 1.54) is 0 Å². The molecule has 1 heterocycles. The summed E-state index contributed by atoms with van der Waals surface area (Å²) in [5.41, 5.74) is 4.62. The van der Waals surface area contributed by atoms with E-state index in [9.17, 15) is 9.00 Å². The molecule has 2 N–H and O–H groups in total. The number of hydrogen-bond acceptors (Lipinski definition) is 4. The van der Waals surface area contributed by atoms with Crippen molar-refractivity contribution in [2.24, 2.45) is 4.36 Å². The number of hydrogen-bond donors (Lipinski definition) is 2. The van der Waals surface area contributed by atoms with Gasteiger partial charge in [0.2, 0.25) is 0 Å². The van der Waals surface area contributed by atoms with Gasteiger partial charge in [0.25, 0.3) is 5.91 Å². The summed E-state index contributed by atoms with van der Waals surface area (Å²) in [6, 6.07) is 22.1. The van der Waals surface area contributed by atoms with Crippen LogP contribution in [-0.2, 0) is 9.73 Å². The molecule has 7 heteroatoms. The SMILES string of the molecule is CS(C)(=O)=Nc1ccc(C(=O)Nc2ccc(-c3nc4ccccc4[nH]3)cc2)cc1. The molecule has 0 aliphatic heterocycles. The van der Waals surface area contributed by atoms with Crippen molar-refractivity contribution in [3.8, 4) is 11.4 Å². The fraction of sp³-hybridized carbons (Fsp3) is 0.0909. The number of H-pyrrole nitrogens is 1. The molecule has 1 amide bonds. The maximum atomic E-state index is 12.5. The summed E-state index contributed by atoms with van der Waals surface area (Å²) in [4.78, 5) is 20.3. The van der Waals surface area contributed by atoms with Crippen LogP contribution in [0.15, 0.2) is 77.2 Å². The molecule has 0 fully saturated rings. The summed E-state index contributed by atoms with van der Waals surface area (Å²) in [6.45, 7) is 0. The number of imidazole rings is 1. The monoisotopic (exact) mass is 404 g/mol. The van der Waals surface area contributed by atoms with E-state index in [1.54, 1.807) is 36.8 Å². The number of carbonyl (C=O) groups is 1. The van der Waals surface area contributed by atoms with Crippen LogP contribution in [0.5, 0.6) is 0 Å². The minimum atomic E-state index is -2.23. The van der Waals surface area contributed by atoms with E-state index >= 15 is 0 Å². The minimum Gasteiger partial charge on any atom is -0.338 e. The summed E-state index contributed by atoms with van der Waals surface area (Å²) >= 11 is 0. The Morgan fingerprint density at radius 1 is 0.966 bits per heavy atom. The van der Waals surface area contributed by atoms with Crippen LogP contribution in [0.1, 0.15) is 10.4 Å². The fourth-order valence-electron chi connectivity index (χ4n) is 2.93. The molecule has 0 radical (unpaired) electrons. The zero-order valence-corrected chi connectivity index (χ0v) is 16.9. The lowest BCUT2D eigenvalue weighted by Crippen LogP contribution is -2.11. The summed E-state index contributed by atoms with van der Waals surface area (Å²) in [7, 11) is -2.23. The third-order valence-corrected chi connectivity index (χ3v) is 4.91. The molecular weight excluding hydrogens is 384 g/mol. The second-order valence-electron chi connectivity index (χ2n) is 6.95. The lowest BCUT2D eigenvalue weighted by atomic mass is 10.1. The van der Waals surface area contributed by atoms with Crippen molar-refractivity contribution in [3.05, 3.63) is 78.4 Å². The van der Waals surface area contributed by atoms with Gasteiger partial charge < -0.3 is 10.3 Å². The van der Waals surface area contributed by atoms with Gasteiger partial charge in [-0.1, -0.05) is 12.1 Å². The predicted molar refractivity (Wildman–Crippen MR) is 118 cm³/mol. The van der Waals surface area contributed by atoms with Gasteiger partial charge in [-0.05, 0) is 60.7 Å². The molecule has 0 unspecified atom stereocenters. The van der Waals surface area contributed by atoms with Crippen LogP contribution in [-0.4, -0.2) is 32.6 Å². The Balaban J connectivity index is 1.48. The highest BCUT2D eigenvalue weighted by molar-refractivity contribution is 7.92. The van der Waals surface area contributed by atoms with E-state index in [4.69, 9.17) is 0 Å². The Kier molecular flexibility index (Phi) is 4.90. The molecule has 1 aromatic heterocycles. The number of anilines is 1. The fourth-order valence-corrected chi connectivity index (χ4v) is 3.56. The van der Waals surface area contributed by atoms with E-state index in [-0.39, 0.29) is 5.91 Å². The number of aromatic amines is 1. The Morgan fingerprint density at radius 2 is 1.66 bits per heavy atom. The molecular formula is C22H20N4O2S. The molecule has 4 rings (SSSR count). The Hall–Kier alpha value is -3.45. The normalized spacial score (nSPS) is 11.4. The summed E-state index contributed by atoms with van der Waals surface area (Å²) < 4.78 is 15.9. The van der Waals surface area contributed by atoms with Crippen molar-refractivity contribution >= 4 is 38.0 Å². The molecule has 0 saturated carbocycles. The molecule has 0 saturated heterocycles. The van der Waals surface area contributed by atoms with Gasteiger partial charge in [0, 0.05) is 39.1 Å². The van der Waals surface area contributed by atoms with Crippen LogP contribution >= 0.6 is 0 Å². The number of rotatable bonds is 4. The van der Waals surface area contributed by atoms with Crippen molar-refractivity contribution in [2.45, 2.75) is 0 Å². The first-order valence-electron chi connectivity index (χ1n) is 9.01. The average molecular weight is 404 g/mol. The van der Waals surface area contributed by atoms with Gasteiger partial charge in [-0.3, -0.25) is 4.79 Å². The number of nitrogens with one attached hydrogen (secondary N) is 2. The topological polar surface area (TPSA) is 87.2 Å². The van der Waals surface area contributed by atoms with Crippen molar-refractivity contribution in [3.63, 3.8) is 0 Å². The number of fused-ring (bicyclic) bond motifs is 1. The Morgan fingerprint density at radius 3 is 2.31 bits per heavy atom. The highest BCUT2D eigenvalue weighted by Crippen LogP contribution is 2.22. The Bertz CT molecular complexity index is 1260. The molecule has 6 nitrogen and oxygen atoms in total. The molecule has 0 aliphatic rings. The molecule has 0 spiro atoms. The van der Waals surface area contributed by atoms with Gasteiger partial charge in [-0.25, -0.2) is 9.19 Å². The number of para-hydroxylation sites is 2. The van der Waals surface area contributed by atoms with Crippen LogP contribution in [0.2, 0.25) is 0 Å². The van der Waals surface area contributed by atoms with Crippen molar-refractivity contribution in [2.75, 3.05) is 17.8 Å². The predicted octanol–water partition coefficient (Wildman–Crippen LogP) is 4.84. The lowest BCUT2D eigenvalue weighted by Gasteiger charge is -2.06. The standard InChI is InChI=1S/C22H20N4O2S/c1-29(2,28)26-18-13-9-16(10-14-18)22(27)23-17-11-7-15(8-12-17)21-24-19-5-3-4-6-20(19)25-21/h3-14H,1-2H3,(H,23,27)(H,24,25). The largest absolute Gasteiger partial charge is 0.338 e. The number of carbonyl (C=O) groups excluding carboxylic acids is 1. The molecule has 0 atom stereocenters. The quantitative estimate of drug-likeness (QED) is 0.510. The van der Waals surface area contributed by atoms with Gasteiger partial charge in [0.05, 0.1) is 16.7 Å². The molecule has 4 aromatic rings. The summed E-state index contributed by atoms with van der Waals surface area (Å²) in [6.07, 6.45) is 3.14. The number of benzene rings is 3. The molecule has 0 aliphatic carbocycles. The number of nitrogens with zero attached hydrogens (tertiary/aromatic N) is 2. The van der Waals surface area contributed by atoms with Gasteiger partial charge in [0.15, 0.2) is 0 Å². The first kappa shape index (κ1) is 18.9. The number of amides is 1. The van der Waals surface area contributed by atoms with E-state index in [1.807, 2.05) is 48.5 Å². The van der Waals surface area contributed by atoms with Gasteiger partial charge >= 0.3 is 0 Å². The minimum absolute atomic E-state index is 0.221. The average Bonchev–Trinajstić information content (AvgIpc) is 3.12. The van der Waals surface area contributed by atoms with E-state index in [0.29, 0.717) is 16.9 Å². The first-order chi connectivity index (χ1) is 13.9. The maximum absolute atomic E-state index is 12.5. The highest BCUT2D eigenvalue weighted by atomic mass is 32.2. The third kappa shape index (κ3) is 4.52. The van der Waals surface area contributed by atoms with E-state index in [2.05, 4.69) is 19.6 Å². The van der Waals surface area contributed by atoms with Gasteiger partial charge in [0.1, 0.15) is 5.82 Å². The van der Waals surface area contributed by atoms with Crippen molar-refractivity contribution < 1.29 is 9.00 Å². The molecule has 146 valence electrons. The molecule has 29 heavy (non-hydrogen) atoms. The zero-order valence-electron chi connectivity index (χ0n) is 16.0. The third-order valence-electron chi connectivity index (χ3n) is 4.26. The van der Waals surface area contributed by atoms with E-state index < -0.39 is 9.73 Å². The maximum Gasteiger partial charge on any atom is 0.255 e. The second-order valence-corrected chi connectivity index (χ2v) is 9.50. The van der Waals surface area contributed by atoms with E-state index in [0.717, 1.165) is 22.4 Å². The smallest absolute Gasteiger partial charge is 0.255 e. The highest BCUT2D eigenvalue weighted by Gasteiger charge is 2.08. The van der Waals surface area contributed by atoms with Crippen molar-refractivity contribution in [1.82, 2.24) is 9.97 Å². The van der Waals surface area contributed by atoms with Crippen LogP contribution in [0.25, 0.3) is 22.4 Å². The lowest BCUT2D eigenvalue weighted by molar-refractivity contribution is 0.102. The molecule has 0 bridgehead atoms. The Labute approximate surface area is 169 Å². The van der Waals surface area contributed by atoms with Crippen LogP contribution < -0.4 is 5.32 Å². The van der Waals surface area contributed by atoms with Crippen LogP contribution in [0.4, 0.5) is 11.4 Å². The summed E-state index contributed by atoms with van der Waals surface area (Å²) in [5, 5.41) is 2.87.